The van der Waals surface area contributed by atoms with Crippen LogP contribution in [0.1, 0.15) is 31.1 Å². The van der Waals surface area contributed by atoms with Gasteiger partial charge in [0.05, 0.1) is 0 Å². The van der Waals surface area contributed by atoms with Crippen LogP contribution in [0.3, 0.4) is 0 Å². The zero-order chi connectivity index (χ0) is 13.5. The predicted molar refractivity (Wildman–Crippen MR) is 71.1 cm³/mol. The number of rotatable bonds is 6. The predicted octanol–water partition coefficient (Wildman–Crippen LogP) is 2.29. The Hall–Kier alpha value is -1.42. The van der Waals surface area contributed by atoms with Crippen LogP contribution in [0.5, 0.6) is 0 Å². The molecule has 0 saturated heterocycles. The van der Waals surface area contributed by atoms with Crippen LogP contribution < -0.4 is 5.32 Å². The number of likely N-dealkylation sites (N-methyl/N-ethyl adjacent to an activating group) is 1. The molecule has 0 saturated carbocycles. The zero-order valence-electron chi connectivity index (χ0n) is 11.2. The molecule has 3 nitrogen and oxygen atoms in total. The van der Waals surface area contributed by atoms with Crippen molar-refractivity contribution in [2.45, 2.75) is 26.8 Å². The molecule has 0 fully saturated rings. The highest BCUT2D eigenvalue weighted by atomic mass is 19.1. The highest BCUT2D eigenvalue weighted by Crippen LogP contribution is 2.03. The normalized spacial score (nSPS) is 12.5. The number of hydrogen-bond acceptors (Lipinski definition) is 2. The van der Waals surface area contributed by atoms with Crippen molar-refractivity contribution >= 4 is 5.91 Å². The van der Waals surface area contributed by atoms with Gasteiger partial charge in [-0.3, -0.25) is 9.69 Å². The molecule has 1 amide bonds. The molecular weight excluding hydrogens is 231 g/mol. The quantitative estimate of drug-likeness (QED) is 0.842. The van der Waals surface area contributed by atoms with Crippen molar-refractivity contribution in [1.29, 1.82) is 0 Å². The monoisotopic (exact) mass is 252 g/mol. The molecule has 1 atom stereocenters. The first-order valence-corrected chi connectivity index (χ1v) is 6.36. The molecule has 0 radical (unpaired) electrons. The average Bonchev–Trinajstić information content (AvgIpc) is 2.37. The van der Waals surface area contributed by atoms with Crippen LogP contribution in [0, 0.1) is 5.82 Å². The molecule has 0 heterocycles. The zero-order valence-corrected chi connectivity index (χ0v) is 11.2. The summed E-state index contributed by atoms with van der Waals surface area (Å²) >= 11 is 0. The Bertz CT molecular complexity index is 391. The first-order chi connectivity index (χ1) is 8.58. The summed E-state index contributed by atoms with van der Waals surface area (Å²) < 4.78 is 13.0. The lowest BCUT2D eigenvalue weighted by Crippen LogP contribution is -2.42. The SMILES string of the molecule is CCN(CC)C(C)CNC(=O)c1cccc(F)c1. The summed E-state index contributed by atoms with van der Waals surface area (Å²) in [6.07, 6.45) is 0. The van der Waals surface area contributed by atoms with E-state index in [0.29, 0.717) is 12.1 Å². The van der Waals surface area contributed by atoms with Crippen LogP contribution in [0.4, 0.5) is 4.39 Å². The van der Waals surface area contributed by atoms with Crippen molar-refractivity contribution in [2.75, 3.05) is 19.6 Å². The smallest absolute Gasteiger partial charge is 0.251 e. The summed E-state index contributed by atoms with van der Waals surface area (Å²) in [4.78, 5) is 14.1. The van der Waals surface area contributed by atoms with Crippen molar-refractivity contribution < 1.29 is 9.18 Å². The molecule has 0 spiro atoms. The van der Waals surface area contributed by atoms with Gasteiger partial charge in [0.15, 0.2) is 0 Å². The van der Waals surface area contributed by atoms with Gasteiger partial charge in [-0.05, 0) is 38.2 Å². The molecule has 1 aromatic rings. The number of halogens is 1. The van der Waals surface area contributed by atoms with Crippen LogP contribution in [0.2, 0.25) is 0 Å². The number of carbonyl (C=O) groups is 1. The fourth-order valence-corrected chi connectivity index (χ4v) is 1.95. The van der Waals surface area contributed by atoms with E-state index in [0.717, 1.165) is 13.1 Å². The average molecular weight is 252 g/mol. The standard InChI is InChI=1S/C14H21FN2O/c1-4-17(5-2)11(3)10-16-14(18)12-7-6-8-13(15)9-12/h6-9,11H,4-5,10H2,1-3H3,(H,16,18). The van der Waals surface area contributed by atoms with Crippen LogP contribution in [0.25, 0.3) is 0 Å². The van der Waals surface area contributed by atoms with Gasteiger partial charge in [0.1, 0.15) is 5.82 Å². The second-order valence-electron chi connectivity index (χ2n) is 4.29. The molecule has 18 heavy (non-hydrogen) atoms. The number of nitrogens with zero attached hydrogens (tertiary/aromatic N) is 1. The van der Waals surface area contributed by atoms with Gasteiger partial charge in [-0.15, -0.1) is 0 Å². The number of hydrogen-bond donors (Lipinski definition) is 1. The summed E-state index contributed by atoms with van der Waals surface area (Å²) in [5.41, 5.74) is 0.363. The molecule has 0 aliphatic heterocycles. The third kappa shape index (κ3) is 4.11. The van der Waals surface area contributed by atoms with Gasteiger partial charge in [-0.25, -0.2) is 4.39 Å². The Kier molecular flexibility index (Phi) is 5.78. The highest BCUT2D eigenvalue weighted by Gasteiger charge is 2.12. The van der Waals surface area contributed by atoms with E-state index >= 15 is 0 Å². The van der Waals surface area contributed by atoms with Crippen LogP contribution in [-0.2, 0) is 0 Å². The summed E-state index contributed by atoms with van der Waals surface area (Å²) in [7, 11) is 0. The van der Waals surface area contributed by atoms with Gasteiger partial charge < -0.3 is 5.32 Å². The summed E-state index contributed by atoms with van der Waals surface area (Å²) in [6.45, 7) is 8.72. The lowest BCUT2D eigenvalue weighted by atomic mass is 10.2. The van der Waals surface area contributed by atoms with Crippen molar-refractivity contribution in [3.05, 3.63) is 35.6 Å². The van der Waals surface area contributed by atoms with Crippen molar-refractivity contribution in [1.82, 2.24) is 10.2 Å². The largest absolute Gasteiger partial charge is 0.350 e. The number of nitrogens with one attached hydrogen (secondary N) is 1. The van der Waals surface area contributed by atoms with Gasteiger partial charge in [0.25, 0.3) is 5.91 Å². The minimum atomic E-state index is -0.389. The Morgan fingerprint density at radius 2 is 2.06 bits per heavy atom. The van der Waals surface area contributed by atoms with E-state index in [1.165, 1.54) is 18.2 Å². The van der Waals surface area contributed by atoms with Crippen LogP contribution in [0.15, 0.2) is 24.3 Å². The Morgan fingerprint density at radius 1 is 1.39 bits per heavy atom. The molecule has 4 heteroatoms. The lowest BCUT2D eigenvalue weighted by molar-refractivity contribution is 0.0937. The molecule has 0 aliphatic carbocycles. The molecule has 0 aliphatic rings. The molecule has 0 bridgehead atoms. The van der Waals surface area contributed by atoms with Gasteiger partial charge in [-0.1, -0.05) is 19.9 Å². The Balaban J connectivity index is 2.51. The summed E-state index contributed by atoms with van der Waals surface area (Å²) in [6, 6.07) is 6.00. The van der Waals surface area contributed by atoms with E-state index in [9.17, 15) is 9.18 Å². The van der Waals surface area contributed by atoms with Gasteiger partial charge >= 0.3 is 0 Å². The second-order valence-corrected chi connectivity index (χ2v) is 4.29. The summed E-state index contributed by atoms with van der Waals surface area (Å²) in [5, 5.41) is 2.83. The van der Waals surface area contributed by atoms with E-state index in [4.69, 9.17) is 0 Å². The van der Waals surface area contributed by atoms with Crippen LogP contribution in [-0.4, -0.2) is 36.5 Å². The molecular formula is C14H21FN2O. The van der Waals surface area contributed by atoms with Gasteiger partial charge in [0, 0.05) is 18.2 Å². The van der Waals surface area contributed by atoms with Gasteiger partial charge in [0.2, 0.25) is 0 Å². The fourth-order valence-electron chi connectivity index (χ4n) is 1.95. The van der Waals surface area contributed by atoms with E-state index in [1.807, 2.05) is 0 Å². The molecule has 0 aromatic heterocycles. The molecule has 1 unspecified atom stereocenters. The number of benzene rings is 1. The van der Waals surface area contributed by atoms with E-state index in [2.05, 4.69) is 31.0 Å². The fraction of sp³-hybridized carbons (Fsp3) is 0.500. The topological polar surface area (TPSA) is 32.3 Å². The van der Waals surface area contributed by atoms with Crippen molar-refractivity contribution in [3.8, 4) is 0 Å². The maximum atomic E-state index is 13.0. The first kappa shape index (κ1) is 14.6. The van der Waals surface area contributed by atoms with E-state index < -0.39 is 0 Å². The summed E-state index contributed by atoms with van der Waals surface area (Å²) in [5.74, 6) is -0.618. The van der Waals surface area contributed by atoms with Crippen molar-refractivity contribution in [2.24, 2.45) is 0 Å². The molecule has 1 N–H and O–H groups in total. The maximum Gasteiger partial charge on any atom is 0.251 e. The number of amides is 1. The Labute approximate surface area is 108 Å². The Morgan fingerprint density at radius 3 is 2.61 bits per heavy atom. The third-order valence-corrected chi connectivity index (χ3v) is 3.08. The second kappa shape index (κ2) is 7.11. The van der Waals surface area contributed by atoms with Crippen LogP contribution >= 0.6 is 0 Å². The first-order valence-electron chi connectivity index (χ1n) is 6.36. The lowest BCUT2D eigenvalue weighted by Gasteiger charge is -2.26. The van der Waals surface area contributed by atoms with E-state index in [-0.39, 0.29) is 17.8 Å². The highest BCUT2D eigenvalue weighted by molar-refractivity contribution is 5.94. The molecule has 1 rings (SSSR count). The van der Waals surface area contributed by atoms with Gasteiger partial charge in [-0.2, -0.15) is 0 Å². The van der Waals surface area contributed by atoms with Crippen molar-refractivity contribution in [3.63, 3.8) is 0 Å². The molecule has 100 valence electrons. The third-order valence-electron chi connectivity index (χ3n) is 3.08. The maximum absolute atomic E-state index is 13.0. The molecule has 1 aromatic carbocycles. The number of carbonyl (C=O) groups excluding carboxylic acids is 1. The van der Waals surface area contributed by atoms with E-state index in [1.54, 1.807) is 6.07 Å². The minimum Gasteiger partial charge on any atom is -0.350 e. The minimum absolute atomic E-state index is 0.228.